The van der Waals surface area contributed by atoms with Gasteiger partial charge in [0.1, 0.15) is 11.9 Å². The highest BCUT2D eigenvalue weighted by atomic mass is 16.5. The minimum Gasteiger partial charge on any atom is -0.485 e. The van der Waals surface area contributed by atoms with E-state index >= 15 is 0 Å². The Morgan fingerprint density at radius 3 is 2.20 bits per heavy atom. The van der Waals surface area contributed by atoms with E-state index in [4.69, 9.17) is 10.5 Å². The van der Waals surface area contributed by atoms with Crippen LogP contribution in [0, 0.1) is 6.92 Å². The molecule has 2 heteroatoms. The first kappa shape index (κ1) is 14.6. The lowest BCUT2D eigenvalue weighted by Gasteiger charge is -2.27. The number of rotatable bonds is 5. The van der Waals surface area contributed by atoms with Crippen LogP contribution in [0.2, 0.25) is 0 Å². The average Bonchev–Trinajstić information content (AvgIpc) is 2.40. The zero-order valence-electron chi connectivity index (χ0n) is 12.5. The van der Waals surface area contributed by atoms with Crippen molar-refractivity contribution < 1.29 is 4.74 Å². The van der Waals surface area contributed by atoms with E-state index in [-0.39, 0.29) is 11.6 Å². The second-order valence-corrected chi connectivity index (χ2v) is 5.98. The van der Waals surface area contributed by atoms with Gasteiger partial charge in [0.25, 0.3) is 0 Å². The van der Waals surface area contributed by atoms with Gasteiger partial charge in [0.15, 0.2) is 0 Å². The summed E-state index contributed by atoms with van der Waals surface area (Å²) in [6.07, 6.45) is 0.739. The molecule has 0 heterocycles. The Labute approximate surface area is 121 Å². The molecule has 0 aliphatic rings. The molecule has 2 N–H and O–H groups in total. The van der Waals surface area contributed by atoms with Crippen molar-refractivity contribution >= 4 is 0 Å². The van der Waals surface area contributed by atoms with Crippen molar-refractivity contribution in [3.05, 3.63) is 65.7 Å². The normalized spacial score (nSPS) is 13.0. The van der Waals surface area contributed by atoms with Gasteiger partial charge in [0, 0.05) is 12.0 Å². The summed E-state index contributed by atoms with van der Waals surface area (Å²) in [6, 6.07) is 18.4. The van der Waals surface area contributed by atoms with Crippen LogP contribution in [-0.2, 0) is 0 Å². The second-order valence-electron chi connectivity index (χ2n) is 5.98. The lowest BCUT2D eigenvalue weighted by molar-refractivity contribution is 0.166. The molecule has 2 nitrogen and oxygen atoms in total. The highest BCUT2D eigenvalue weighted by Gasteiger charge is 2.22. The van der Waals surface area contributed by atoms with E-state index in [1.807, 2.05) is 50.2 Å². The third kappa shape index (κ3) is 4.10. The fourth-order valence-corrected chi connectivity index (χ4v) is 2.21. The molecular weight excluding hydrogens is 246 g/mol. The van der Waals surface area contributed by atoms with Gasteiger partial charge in [-0.1, -0.05) is 48.5 Å². The van der Waals surface area contributed by atoms with E-state index in [9.17, 15) is 0 Å². The van der Waals surface area contributed by atoms with E-state index < -0.39 is 0 Å². The van der Waals surface area contributed by atoms with Gasteiger partial charge < -0.3 is 10.5 Å². The summed E-state index contributed by atoms with van der Waals surface area (Å²) in [5, 5.41) is 0. The number of nitrogens with two attached hydrogens (primary N) is 1. The number of hydrogen-bond acceptors (Lipinski definition) is 2. The predicted octanol–water partition coefficient (Wildman–Crippen LogP) is 4.24. The SMILES string of the molecule is Cc1ccccc1OC(CC(C)(C)N)c1ccccc1. The summed E-state index contributed by atoms with van der Waals surface area (Å²) in [5.74, 6) is 0.922. The number of benzene rings is 2. The average molecular weight is 269 g/mol. The number of para-hydroxylation sites is 1. The summed E-state index contributed by atoms with van der Waals surface area (Å²) in [5.41, 5.74) is 8.21. The Hall–Kier alpha value is -1.80. The number of aryl methyl sites for hydroxylation is 1. The second kappa shape index (κ2) is 6.10. The lowest BCUT2D eigenvalue weighted by Crippen LogP contribution is -2.35. The summed E-state index contributed by atoms with van der Waals surface area (Å²) in [6.45, 7) is 6.12. The molecule has 2 rings (SSSR count). The maximum atomic E-state index is 6.23. The quantitative estimate of drug-likeness (QED) is 0.881. The van der Waals surface area contributed by atoms with E-state index in [1.54, 1.807) is 0 Å². The van der Waals surface area contributed by atoms with Crippen LogP contribution in [0.15, 0.2) is 54.6 Å². The molecule has 0 amide bonds. The molecule has 0 bridgehead atoms. The highest BCUT2D eigenvalue weighted by molar-refractivity contribution is 5.33. The highest BCUT2D eigenvalue weighted by Crippen LogP contribution is 2.30. The molecule has 2 aromatic carbocycles. The molecule has 1 atom stereocenters. The third-order valence-corrected chi connectivity index (χ3v) is 3.25. The maximum Gasteiger partial charge on any atom is 0.125 e. The molecule has 2 aromatic rings. The van der Waals surface area contributed by atoms with Crippen LogP contribution in [0.1, 0.15) is 37.5 Å². The molecule has 1 unspecified atom stereocenters. The van der Waals surface area contributed by atoms with Gasteiger partial charge in [-0.2, -0.15) is 0 Å². The smallest absolute Gasteiger partial charge is 0.125 e. The van der Waals surface area contributed by atoms with Crippen molar-refractivity contribution in [2.24, 2.45) is 5.73 Å². The van der Waals surface area contributed by atoms with E-state index in [0.717, 1.165) is 23.3 Å². The molecule has 20 heavy (non-hydrogen) atoms. The zero-order valence-corrected chi connectivity index (χ0v) is 12.5. The van der Waals surface area contributed by atoms with Crippen molar-refractivity contribution in [3.8, 4) is 5.75 Å². The molecule has 106 valence electrons. The van der Waals surface area contributed by atoms with Crippen LogP contribution in [0.5, 0.6) is 5.75 Å². The topological polar surface area (TPSA) is 35.2 Å². The van der Waals surface area contributed by atoms with Crippen molar-refractivity contribution in [1.29, 1.82) is 0 Å². The summed E-state index contributed by atoms with van der Waals surface area (Å²) in [7, 11) is 0. The van der Waals surface area contributed by atoms with Crippen molar-refractivity contribution in [2.45, 2.75) is 38.8 Å². The maximum absolute atomic E-state index is 6.23. The molecule has 0 aliphatic heterocycles. The first-order chi connectivity index (χ1) is 9.46. The first-order valence-corrected chi connectivity index (χ1v) is 7.02. The fourth-order valence-electron chi connectivity index (χ4n) is 2.21. The van der Waals surface area contributed by atoms with Gasteiger partial charge in [-0.3, -0.25) is 0 Å². The Morgan fingerprint density at radius 2 is 1.60 bits per heavy atom. The third-order valence-electron chi connectivity index (χ3n) is 3.25. The summed E-state index contributed by atoms with van der Waals surface area (Å²) < 4.78 is 6.23. The minimum atomic E-state index is -0.275. The van der Waals surface area contributed by atoms with Gasteiger partial charge in [-0.05, 0) is 38.0 Å². The van der Waals surface area contributed by atoms with Crippen molar-refractivity contribution in [3.63, 3.8) is 0 Å². The molecule has 0 spiro atoms. The van der Waals surface area contributed by atoms with Crippen LogP contribution in [-0.4, -0.2) is 5.54 Å². The first-order valence-electron chi connectivity index (χ1n) is 7.02. The molecule has 0 aromatic heterocycles. The Kier molecular flexibility index (Phi) is 4.46. The molecule has 0 saturated carbocycles. The van der Waals surface area contributed by atoms with Crippen LogP contribution >= 0.6 is 0 Å². The van der Waals surface area contributed by atoms with Gasteiger partial charge >= 0.3 is 0 Å². The summed E-state index contributed by atoms with van der Waals surface area (Å²) >= 11 is 0. The molecular formula is C18H23NO. The predicted molar refractivity (Wildman–Crippen MR) is 83.9 cm³/mol. The monoisotopic (exact) mass is 269 g/mol. The van der Waals surface area contributed by atoms with E-state index in [0.29, 0.717) is 0 Å². The largest absolute Gasteiger partial charge is 0.485 e. The van der Waals surface area contributed by atoms with Crippen LogP contribution in [0.3, 0.4) is 0 Å². The number of hydrogen-bond donors (Lipinski definition) is 1. The van der Waals surface area contributed by atoms with Crippen molar-refractivity contribution in [1.82, 2.24) is 0 Å². The fraction of sp³-hybridized carbons (Fsp3) is 0.333. The molecule has 0 saturated heterocycles. The standard InChI is InChI=1S/C18H23NO/c1-14-9-7-8-12-16(14)20-17(13-18(2,3)19)15-10-5-4-6-11-15/h4-12,17H,13,19H2,1-3H3. The zero-order chi connectivity index (χ0) is 14.6. The van der Waals surface area contributed by atoms with E-state index in [2.05, 4.69) is 25.1 Å². The molecule has 0 aliphatic carbocycles. The van der Waals surface area contributed by atoms with Crippen LogP contribution in [0.4, 0.5) is 0 Å². The number of ether oxygens (including phenoxy) is 1. The van der Waals surface area contributed by atoms with E-state index in [1.165, 1.54) is 0 Å². The minimum absolute atomic E-state index is 0.0303. The van der Waals surface area contributed by atoms with Gasteiger partial charge in [-0.15, -0.1) is 0 Å². The van der Waals surface area contributed by atoms with Crippen LogP contribution < -0.4 is 10.5 Å². The molecule has 0 radical (unpaired) electrons. The van der Waals surface area contributed by atoms with Gasteiger partial charge in [-0.25, -0.2) is 0 Å². The van der Waals surface area contributed by atoms with Gasteiger partial charge in [0.2, 0.25) is 0 Å². The Morgan fingerprint density at radius 1 is 1.00 bits per heavy atom. The molecule has 0 fully saturated rings. The summed E-state index contributed by atoms with van der Waals surface area (Å²) in [4.78, 5) is 0. The lowest BCUT2D eigenvalue weighted by atomic mass is 9.94. The Bertz CT molecular complexity index is 543. The van der Waals surface area contributed by atoms with Crippen molar-refractivity contribution in [2.75, 3.05) is 0 Å². The van der Waals surface area contributed by atoms with Crippen LogP contribution in [0.25, 0.3) is 0 Å². The Balaban J connectivity index is 2.26. The van der Waals surface area contributed by atoms with Gasteiger partial charge in [0.05, 0.1) is 0 Å².